The van der Waals surface area contributed by atoms with E-state index in [2.05, 4.69) is 27.8 Å². The van der Waals surface area contributed by atoms with Crippen molar-refractivity contribution in [1.82, 2.24) is 14.9 Å². The molecule has 1 fully saturated rings. The number of para-hydroxylation sites is 2. The van der Waals surface area contributed by atoms with Crippen LogP contribution < -0.4 is 16.4 Å². The van der Waals surface area contributed by atoms with Crippen LogP contribution in [-0.2, 0) is 39.3 Å². The molecular formula is C40H43N5O5S. The second-order valence-electron chi connectivity index (χ2n) is 12.5. The molecule has 11 heteroatoms. The molecule has 2 heterocycles. The highest BCUT2D eigenvalue weighted by atomic mass is 32.2. The maximum atomic E-state index is 12.7. The summed E-state index contributed by atoms with van der Waals surface area (Å²) in [7, 11) is 1.98. The molecule has 4 aromatic carbocycles. The predicted octanol–water partition coefficient (Wildman–Crippen LogP) is 6.92. The minimum Gasteiger partial charge on any atom is -0.397 e. The van der Waals surface area contributed by atoms with E-state index in [-0.39, 0.29) is 43.5 Å². The maximum absolute atomic E-state index is 12.7. The number of aromatic nitrogens is 2. The molecule has 5 N–H and O–H groups in total. The minimum atomic E-state index is -0.566. The van der Waals surface area contributed by atoms with Gasteiger partial charge in [0.2, 0.25) is 11.8 Å². The molecule has 51 heavy (non-hydrogen) atoms. The number of aliphatic hydroxyl groups is 1. The molecule has 0 radical (unpaired) electrons. The Morgan fingerprint density at radius 3 is 2.39 bits per heavy atom. The van der Waals surface area contributed by atoms with Gasteiger partial charge in [-0.1, -0.05) is 96.7 Å². The zero-order valence-electron chi connectivity index (χ0n) is 28.5. The highest BCUT2D eigenvalue weighted by Crippen LogP contribution is 2.40. The van der Waals surface area contributed by atoms with Gasteiger partial charge in [0.05, 0.1) is 30.2 Å². The van der Waals surface area contributed by atoms with Crippen molar-refractivity contribution in [2.24, 2.45) is 7.05 Å². The van der Waals surface area contributed by atoms with Crippen molar-refractivity contribution in [2.75, 3.05) is 16.8 Å². The highest BCUT2D eigenvalue weighted by Gasteiger charge is 2.32. The van der Waals surface area contributed by atoms with E-state index in [9.17, 15) is 14.7 Å². The summed E-state index contributed by atoms with van der Waals surface area (Å²) in [6.45, 7) is 0.360. The molecule has 1 aromatic heterocycles. The summed E-state index contributed by atoms with van der Waals surface area (Å²) >= 11 is 1.66. The molecule has 0 saturated carbocycles. The topological polar surface area (TPSA) is 141 Å². The van der Waals surface area contributed by atoms with Gasteiger partial charge >= 0.3 is 0 Å². The summed E-state index contributed by atoms with van der Waals surface area (Å²) in [5.74, 6) is 0.433. The van der Waals surface area contributed by atoms with Crippen molar-refractivity contribution in [3.63, 3.8) is 0 Å². The Labute approximate surface area is 302 Å². The summed E-state index contributed by atoms with van der Waals surface area (Å²) in [6.07, 6.45) is 4.49. The minimum absolute atomic E-state index is 0.00543. The van der Waals surface area contributed by atoms with E-state index in [0.29, 0.717) is 30.8 Å². The molecule has 10 nitrogen and oxygen atoms in total. The normalized spacial score (nSPS) is 17.2. The number of benzene rings is 4. The number of thioether (sulfide) groups is 1. The van der Waals surface area contributed by atoms with Gasteiger partial charge in [0.1, 0.15) is 0 Å². The summed E-state index contributed by atoms with van der Waals surface area (Å²) in [5.41, 5.74) is 12.8. The van der Waals surface area contributed by atoms with Gasteiger partial charge in [-0.05, 0) is 46.4 Å². The molecule has 1 aliphatic heterocycles. The van der Waals surface area contributed by atoms with Crippen LogP contribution in [0.4, 0.5) is 11.4 Å². The number of aryl methyl sites for hydroxylation is 1. The lowest BCUT2D eigenvalue weighted by molar-refractivity contribution is -0.245. The van der Waals surface area contributed by atoms with Crippen molar-refractivity contribution in [3.05, 3.63) is 132 Å². The highest BCUT2D eigenvalue weighted by molar-refractivity contribution is 7.99. The fourth-order valence-corrected chi connectivity index (χ4v) is 6.92. The number of aliphatic hydroxyl groups excluding tert-OH is 1. The number of carbonyl (C=O) groups excluding carboxylic acids is 2. The van der Waals surface area contributed by atoms with Crippen LogP contribution in [0.2, 0.25) is 0 Å². The first-order chi connectivity index (χ1) is 24.9. The molecule has 2 amide bonds. The number of anilines is 2. The van der Waals surface area contributed by atoms with Gasteiger partial charge in [-0.3, -0.25) is 9.59 Å². The zero-order chi connectivity index (χ0) is 35.6. The number of nitrogens with zero attached hydrogens (tertiary/aromatic N) is 2. The van der Waals surface area contributed by atoms with Crippen LogP contribution in [-0.4, -0.2) is 38.3 Å². The molecule has 6 rings (SSSR count). The van der Waals surface area contributed by atoms with Crippen LogP contribution in [0.15, 0.2) is 115 Å². The monoisotopic (exact) mass is 705 g/mol. The smallest absolute Gasteiger partial charge is 0.224 e. The van der Waals surface area contributed by atoms with Gasteiger partial charge in [0, 0.05) is 56.6 Å². The van der Waals surface area contributed by atoms with Crippen molar-refractivity contribution >= 4 is 35.0 Å². The van der Waals surface area contributed by atoms with Gasteiger partial charge in [-0.25, -0.2) is 4.98 Å². The van der Waals surface area contributed by atoms with Crippen LogP contribution in [0, 0.1) is 0 Å². The number of carbonyl (C=O) groups is 2. The van der Waals surface area contributed by atoms with Crippen LogP contribution in [0.5, 0.6) is 0 Å². The predicted molar refractivity (Wildman–Crippen MR) is 199 cm³/mol. The Bertz CT molecular complexity index is 1910. The van der Waals surface area contributed by atoms with Crippen molar-refractivity contribution < 1.29 is 24.2 Å². The Morgan fingerprint density at radius 1 is 0.922 bits per heavy atom. The average molecular weight is 706 g/mol. The summed E-state index contributed by atoms with van der Waals surface area (Å²) in [5, 5.41) is 16.3. The quantitative estimate of drug-likeness (QED) is 0.0721. The van der Waals surface area contributed by atoms with E-state index in [1.54, 1.807) is 30.1 Å². The number of nitrogens with two attached hydrogens (primary N) is 1. The fourth-order valence-electron chi connectivity index (χ4n) is 5.97. The van der Waals surface area contributed by atoms with Gasteiger partial charge in [-0.2, -0.15) is 0 Å². The van der Waals surface area contributed by atoms with Gasteiger partial charge in [0.15, 0.2) is 11.4 Å². The number of nitrogen functional groups attached to an aromatic ring is 1. The van der Waals surface area contributed by atoms with Crippen LogP contribution in [0.3, 0.4) is 0 Å². The first kappa shape index (κ1) is 35.9. The lowest BCUT2D eigenvalue weighted by atomic mass is 9.97. The van der Waals surface area contributed by atoms with Crippen LogP contribution in [0.25, 0.3) is 11.1 Å². The van der Waals surface area contributed by atoms with Gasteiger partial charge in [-0.15, -0.1) is 0 Å². The average Bonchev–Trinajstić information content (AvgIpc) is 3.58. The van der Waals surface area contributed by atoms with Gasteiger partial charge < -0.3 is 35.5 Å². The molecule has 264 valence electrons. The van der Waals surface area contributed by atoms with E-state index < -0.39 is 6.29 Å². The first-order valence-corrected chi connectivity index (χ1v) is 18.0. The second kappa shape index (κ2) is 17.3. The lowest BCUT2D eigenvalue weighted by Gasteiger charge is -2.36. The number of amides is 2. The first-order valence-electron chi connectivity index (χ1n) is 17.1. The van der Waals surface area contributed by atoms with E-state index in [4.69, 9.17) is 15.2 Å². The number of nitrogens with one attached hydrogen (secondary N) is 2. The molecular weight excluding hydrogens is 663 g/mol. The molecule has 0 bridgehead atoms. The number of hydrogen-bond acceptors (Lipinski definition) is 8. The van der Waals surface area contributed by atoms with Gasteiger partial charge in [0.25, 0.3) is 0 Å². The Balaban J connectivity index is 1.07. The number of hydrogen-bond donors (Lipinski definition) is 4. The number of imidazole rings is 1. The Hall–Kier alpha value is -4.94. The third-order valence-corrected chi connectivity index (χ3v) is 10.0. The van der Waals surface area contributed by atoms with E-state index in [1.807, 2.05) is 90.6 Å². The summed E-state index contributed by atoms with van der Waals surface area (Å²) in [4.78, 5) is 29.5. The summed E-state index contributed by atoms with van der Waals surface area (Å²) < 4.78 is 15.1. The molecule has 5 aromatic rings. The number of ether oxygens (including phenoxy) is 2. The van der Waals surface area contributed by atoms with Crippen molar-refractivity contribution in [3.8, 4) is 11.1 Å². The molecule has 1 aliphatic rings. The Kier molecular flexibility index (Phi) is 12.2. The number of rotatable bonds is 14. The molecule has 0 aliphatic carbocycles. The SMILES string of the molecule is Cn1ccnc1SC[C@@H]1C[C@H](c2ccc(CO)cc2)O[C@H](c2ccc(-c3ccccc3CNC(=O)CCCC(=O)Nc3ccccc3N)cc2)O1. The molecule has 0 unspecified atom stereocenters. The second-order valence-corrected chi connectivity index (χ2v) is 13.5. The standard InChI is InChI=1S/C40H43N5O5S/c1-45-22-21-42-40(45)51-26-32-23-36(29-15-13-27(25-46)14-16-29)50-39(49-32)30-19-17-28(18-20-30)33-8-3-2-7-31(33)24-43-37(47)11-6-12-38(48)44-35-10-5-4-9-34(35)41/h2-5,7-10,13-22,32,36,39,46H,6,11-12,23-26,41H2,1H3,(H,43,47)(H,44,48)/t32-,36+,39+/m0/s1. The third-order valence-electron chi connectivity index (χ3n) is 8.82. The van der Waals surface area contributed by atoms with E-state index >= 15 is 0 Å². The Morgan fingerprint density at radius 2 is 1.65 bits per heavy atom. The molecule has 0 spiro atoms. The largest absolute Gasteiger partial charge is 0.397 e. The zero-order valence-corrected chi connectivity index (χ0v) is 29.4. The third kappa shape index (κ3) is 9.65. The molecule has 1 saturated heterocycles. The van der Waals surface area contributed by atoms with E-state index in [1.165, 1.54) is 0 Å². The van der Waals surface area contributed by atoms with E-state index in [0.717, 1.165) is 44.3 Å². The fraction of sp³-hybridized carbons (Fsp3) is 0.275. The van der Waals surface area contributed by atoms with Crippen LogP contribution in [0.1, 0.15) is 60.3 Å². The maximum Gasteiger partial charge on any atom is 0.224 e. The van der Waals surface area contributed by atoms with Crippen molar-refractivity contribution in [2.45, 2.75) is 62.5 Å². The van der Waals surface area contributed by atoms with Crippen molar-refractivity contribution in [1.29, 1.82) is 0 Å². The lowest BCUT2D eigenvalue weighted by Crippen LogP contribution is -2.31. The van der Waals surface area contributed by atoms with Crippen LogP contribution >= 0.6 is 11.8 Å². The molecule has 3 atom stereocenters. The summed E-state index contributed by atoms with van der Waals surface area (Å²) in [6, 6.07) is 31.1.